The SMILES string of the molecule is CC(C)NCC(C(C)C)N1CCSCC1S(C)(=O)=O. The van der Waals surface area contributed by atoms with E-state index in [4.69, 9.17) is 0 Å². The van der Waals surface area contributed by atoms with Crippen LogP contribution in [0.25, 0.3) is 0 Å². The van der Waals surface area contributed by atoms with Crippen LogP contribution in [0, 0.1) is 5.92 Å². The predicted octanol–water partition coefficient (Wildman–Crippen LogP) is 1.43. The number of nitrogens with zero attached hydrogens (tertiary/aromatic N) is 1. The molecule has 2 atom stereocenters. The molecule has 0 bridgehead atoms. The minimum atomic E-state index is -3.01. The van der Waals surface area contributed by atoms with E-state index in [1.807, 2.05) is 0 Å². The van der Waals surface area contributed by atoms with Crippen molar-refractivity contribution in [3.8, 4) is 0 Å². The average Bonchev–Trinajstić information content (AvgIpc) is 2.27. The molecule has 0 aromatic carbocycles. The maximum atomic E-state index is 12.0. The van der Waals surface area contributed by atoms with E-state index in [0.29, 0.717) is 17.7 Å². The highest BCUT2D eigenvalue weighted by atomic mass is 32.2. The van der Waals surface area contributed by atoms with Crippen LogP contribution >= 0.6 is 11.8 Å². The van der Waals surface area contributed by atoms with E-state index in [0.717, 1.165) is 18.8 Å². The van der Waals surface area contributed by atoms with Crippen molar-refractivity contribution in [2.75, 3.05) is 30.9 Å². The lowest BCUT2D eigenvalue weighted by Gasteiger charge is -2.42. The number of sulfone groups is 1. The first-order valence-electron chi connectivity index (χ1n) is 6.99. The van der Waals surface area contributed by atoms with Gasteiger partial charge in [-0.25, -0.2) is 8.42 Å². The van der Waals surface area contributed by atoms with Crippen LogP contribution in [0.4, 0.5) is 0 Å². The van der Waals surface area contributed by atoms with Crippen molar-refractivity contribution in [3.05, 3.63) is 0 Å². The predicted molar refractivity (Wildman–Crippen MR) is 84.4 cm³/mol. The van der Waals surface area contributed by atoms with Gasteiger partial charge >= 0.3 is 0 Å². The van der Waals surface area contributed by atoms with Gasteiger partial charge in [0.2, 0.25) is 0 Å². The Morgan fingerprint density at radius 2 is 1.95 bits per heavy atom. The van der Waals surface area contributed by atoms with E-state index >= 15 is 0 Å². The first kappa shape index (κ1) is 17.3. The number of hydrogen-bond donors (Lipinski definition) is 1. The van der Waals surface area contributed by atoms with Gasteiger partial charge < -0.3 is 5.32 Å². The molecule has 0 amide bonds. The first-order chi connectivity index (χ1) is 8.73. The summed E-state index contributed by atoms with van der Waals surface area (Å²) in [4.78, 5) is 2.20. The maximum absolute atomic E-state index is 12.0. The van der Waals surface area contributed by atoms with Gasteiger partial charge in [0, 0.05) is 42.9 Å². The topological polar surface area (TPSA) is 49.4 Å². The third-order valence-electron chi connectivity index (χ3n) is 3.55. The summed E-state index contributed by atoms with van der Waals surface area (Å²) in [5.74, 6) is 2.17. The van der Waals surface area contributed by atoms with Crippen molar-refractivity contribution in [1.29, 1.82) is 0 Å². The summed E-state index contributed by atoms with van der Waals surface area (Å²) in [7, 11) is -3.01. The van der Waals surface area contributed by atoms with E-state index in [1.54, 1.807) is 11.8 Å². The normalized spacial score (nSPS) is 24.1. The zero-order valence-electron chi connectivity index (χ0n) is 12.7. The molecule has 114 valence electrons. The van der Waals surface area contributed by atoms with E-state index in [-0.39, 0.29) is 11.4 Å². The Hall–Kier alpha value is 0.220. The monoisotopic (exact) mass is 308 g/mol. The summed E-state index contributed by atoms with van der Waals surface area (Å²) in [6.07, 6.45) is 1.36. The van der Waals surface area contributed by atoms with Gasteiger partial charge in [0.05, 0.1) is 0 Å². The summed E-state index contributed by atoms with van der Waals surface area (Å²) in [6.45, 7) is 10.3. The summed E-state index contributed by atoms with van der Waals surface area (Å²) in [5, 5.41) is 3.13. The fraction of sp³-hybridized carbons (Fsp3) is 1.00. The molecule has 19 heavy (non-hydrogen) atoms. The van der Waals surface area contributed by atoms with E-state index in [2.05, 4.69) is 37.9 Å². The van der Waals surface area contributed by atoms with Crippen molar-refractivity contribution in [1.82, 2.24) is 10.2 Å². The van der Waals surface area contributed by atoms with Gasteiger partial charge in [0.25, 0.3) is 0 Å². The molecule has 2 unspecified atom stereocenters. The van der Waals surface area contributed by atoms with Gasteiger partial charge in [-0.2, -0.15) is 11.8 Å². The molecule has 0 saturated carbocycles. The minimum Gasteiger partial charge on any atom is -0.313 e. The Labute approximate surface area is 122 Å². The highest BCUT2D eigenvalue weighted by molar-refractivity contribution is 8.00. The molecule has 1 saturated heterocycles. The first-order valence-corrected chi connectivity index (χ1v) is 10.1. The summed E-state index contributed by atoms with van der Waals surface area (Å²) < 4.78 is 24.0. The van der Waals surface area contributed by atoms with Crippen molar-refractivity contribution in [2.24, 2.45) is 5.92 Å². The molecule has 0 spiro atoms. The number of hydrogen-bond acceptors (Lipinski definition) is 5. The molecule has 6 heteroatoms. The Kier molecular flexibility index (Phi) is 6.63. The Bertz CT molecular complexity index is 369. The van der Waals surface area contributed by atoms with Crippen molar-refractivity contribution in [2.45, 2.75) is 45.2 Å². The Morgan fingerprint density at radius 3 is 2.42 bits per heavy atom. The Morgan fingerprint density at radius 1 is 1.32 bits per heavy atom. The maximum Gasteiger partial charge on any atom is 0.164 e. The molecule has 1 aliphatic heterocycles. The van der Waals surface area contributed by atoms with Crippen LogP contribution in [-0.2, 0) is 9.84 Å². The summed E-state index contributed by atoms with van der Waals surface area (Å²) in [6, 6.07) is 0.708. The lowest BCUT2D eigenvalue weighted by atomic mass is 10.0. The zero-order chi connectivity index (χ0) is 14.6. The molecule has 4 nitrogen and oxygen atoms in total. The summed E-state index contributed by atoms with van der Waals surface area (Å²) in [5.41, 5.74) is 0. The molecule has 1 fully saturated rings. The minimum absolute atomic E-state index is 0.281. The second-order valence-corrected chi connectivity index (χ2v) is 9.32. The second-order valence-electron chi connectivity index (χ2n) is 5.97. The second kappa shape index (κ2) is 7.29. The number of nitrogens with one attached hydrogen (secondary N) is 1. The van der Waals surface area contributed by atoms with Crippen LogP contribution in [0.1, 0.15) is 27.7 Å². The molecular weight excluding hydrogens is 280 g/mol. The molecule has 0 aliphatic carbocycles. The standard InChI is InChI=1S/C13H28N2O2S2/c1-10(2)12(8-14-11(3)4)15-6-7-18-9-13(15)19(5,16)17/h10-14H,6-9H2,1-5H3. The van der Waals surface area contributed by atoms with Crippen molar-refractivity contribution < 1.29 is 8.42 Å². The molecule has 0 aromatic rings. The van der Waals surface area contributed by atoms with Gasteiger partial charge in [-0.3, -0.25) is 4.90 Å². The number of thioether (sulfide) groups is 1. The van der Waals surface area contributed by atoms with Crippen LogP contribution < -0.4 is 5.32 Å². The van der Waals surface area contributed by atoms with Gasteiger partial charge in [-0.05, 0) is 5.92 Å². The lowest BCUT2D eigenvalue weighted by molar-refractivity contribution is 0.145. The third kappa shape index (κ3) is 5.25. The van der Waals surface area contributed by atoms with Gasteiger partial charge in [0.15, 0.2) is 9.84 Å². The third-order valence-corrected chi connectivity index (χ3v) is 6.21. The molecular formula is C13H28N2O2S2. The number of rotatable bonds is 6. The molecule has 1 aliphatic rings. The highest BCUT2D eigenvalue weighted by Crippen LogP contribution is 2.25. The van der Waals surface area contributed by atoms with Crippen molar-refractivity contribution in [3.63, 3.8) is 0 Å². The van der Waals surface area contributed by atoms with E-state index in [9.17, 15) is 8.42 Å². The van der Waals surface area contributed by atoms with E-state index in [1.165, 1.54) is 6.26 Å². The molecule has 1 N–H and O–H groups in total. The molecule has 0 aromatic heterocycles. The van der Waals surface area contributed by atoms with Gasteiger partial charge in [-0.1, -0.05) is 27.7 Å². The quantitative estimate of drug-likeness (QED) is 0.804. The van der Waals surface area contributed by atoms with Gasteiger partial charge in [0.1, 0.15) is 5.37 Å². The van der Waals surface area contributed by atoms with Crippen LogP contribution in [-0.4, -0.2) is 61.6 Å². The van der Waals surface area contributed by atoms with Crippen LogP contribution in [0.5, 0.6) is 0 Å². The average molecular weight is 309 g/mol. The molecule has 1 heterocycles. The lowest BCUT2D eigenvalue weighted by Crippen LogP contribution is -2.56. The fourth-order valence-electron chi connectivity index (χ4n) is 2.44. The Balaban J connectivity index is 2.85. The van der Waals surface area contributed by atoms with E-state index < -0.39 is 9.84 Å². The smallest absolute Gasteiger partial charge is 0.164 e. The van der Waals surface area contributed by atoms with Crippen molar-refractivity contribution >= 4 is 21.6 Å². The van der Waals surface area contributed by atoms with Crippen LogP contribution in [0.3, 0.4) is 0 Å². The largest absolute Gasteiger partial charge is 0.313 e. The highest BCUT2D eigenvalue weighted by Gasteiger charge is 2.36. The fourth-order valence-corrected chi connectivity index (χ4v) is 5.37. The van der Waals surface area contributed by atoms with Crippen LogP contribution in [0.15, 0.2) is 0 Å². The van der Waals surface area contributed by atoms with Gasteiger partial charge in [-0.15, -0.1) is 0 Å². The van der Waals surface area contributed by atoms with Crippen LogP contribution in [0.2, 0.25) is 0 Å². The summed E-state index contributed by atoms with van der Waals surface area (Å²) >= 11 is 1.75. The zero-order valence-corrected chi connectivity index (χ0v) is 14.4. The molecule has 1 rings (SSSR count). The molecule has 0 radical (unpaired) electrons.